The number of fused-ring (bicyclic) bond motifs is 1. The summed E-state index contributed by atoms with van der Waals surface area (Å²) in [5.41, 5.74) is 1.75. The van der Waals surface area contributed by atoms with E-state index in [4.69, 9.17) is 4.74 Å². The molecule has 31 heavy (non-hydrogen) atoms. The van der Waals surface area contributed by atoms with E-state index in [0.717, 1.165) is 4.47 Å². The minimum absolute atomic E-state index is 0.105. The fraction of sp³-hybridized carbons (Fsp3) is 0.0870. The van der Waals surface area contributed by atoms with Crippen LogP contribution in [0.5, 0.6) is 5.75 Å². The molecule has 1 N–H and O–H groups in total. The molecule has 156 valence electrons. The number of hydrogen-bond acceptors (Lipinski definition) is 5. The van der Waals surface area contributed by atoms with Crippen LogP contribution in [0.4, 0.5) is 5.69 Å². The number of hydrogen-bond donors (Lipinski definition) is 1. The maximum atomic E-state index is 13.2. The smallest absolute Gasteiger partial charge is 0.266 e. The summed E-state index contributed by atoms with van der Waals surface area (Å²) in [5.74, 6) is 0.605. The van der Waals surface area contributed by atoms with Crippen LogP contribution in [0.3, 0.4) is 0 Å². The van der Waals surface area contributed by atoms with Crippen LogP contribution in [0.15, 0.2) is 87.2 Å². The number of methoxy groups -OCH3 is 1. The van der Waals surface area contributed by atoms with Gasteiger partial charge in [-0.2, -0.15) is 0 Å². The van der Waals surface area contributed by atoms with Crippen molar-refractivity contribution in [3.05, 3.63) is 87.6 Å². The van der Waals surface area contributed by atoms with Gasteiger partial charge >= 0.3 is 0 Å². The molecular weight excluding hydrogens is 478 g/mol. The van der Waals surface area contributed by atoms with E-state index >= 15 is 0 Å². The Bertz CT molecular complexity index is 1310. The van der Waals surface area contributed by atoms with Gasteiger partial charge in [-0.3, -0.25) is 14.2 Å². The van der Waals surface area contributed by atoms with E-state index in [1.54, 1.807) is 43.5 Å². The van der Waals surface area contributed by atoms with E-state index in [1.165, 1.54) is 16.3 Å². The standard InChI is InChI=1S/C23H18BrN3O3S/c1-30-18-11-9-17(10-12-18)27-22(29)19-7-2-3-8-20(19)26-23(27)31-14-21(28)25-16-6-4-5-15(24)13-16/h2-13H,14H2,1H3,(H,25,28). The molecule has 0 unspecified atom stereocenters. The van der Waals surface area contributed by atoms with Gasteiger partial charge in [-0.25, -0.2) is 4.98 Å². The van der Waals surface area contributed by atoms with Crippen molar-refractivity contribution in [2.75, 3.05) is 18.2 Å². The average molecular weight is 496 g/mol. The number of ether oxygens (including phenoxy) is 1. The summed E-state index contributed by atoms with van der Waals surface area (Å²) < 4.78 is 7.62. The molecule has 1 aromatic heterocycles. The fourth-order valence-corrected chi connectivity index (χ4v) is 4.27. The molecule has 6 nitrogen and oxygen atoms in total. The number of anilines is 1. The average Bonchev–Trinajstić information content (AvgIpc) is 2.78. The lowest BCUT2D eigenvalue weighted by atomic mass is 10.2. The molecule has 0 saturated heterocycles. The minimum Gasteiger partial charge on any atom is -0.497 e. The third-order valence-electron chi connectivity index (χ3n) is 4.52. The van der Waals surface area contributed by atoms with Crippen molar-refractivity contribution in [1.29, 1.82) is 0 Å². The van der Waals surface area contributed by atoms with Crippen LogP contribution < -0.4 is 15.6 Å². The van der Waals surface area contributed by atoms with Gasteiger partial charge in [0.25, 0.3) is 5.56 Å². The number of carbonyl (C=O) groups excluding carboxylic acids is 1. The molecule has 4 aromatic rings. The van der Waals surface area contributed by atoms with Gasteiger partial charge in [0, 0.05) is 10.2 Å². The Kier molecular flexibility index (Phi) is 6.39. The monoisotopic (exact) mass is 495 g/mol. The molecule has 3 aromatic carbocycles. The Morgan fingerprint density at radius 1 is 1.10 bits per heavy atom. The predicted octanol–water partition coefficient (Wildman–Crippen LogP) is 4.89. The maximum absolute atomic E-state index is 13.2. The third kappa shape index (κ3) is 4.81. The van der Waals surface area contributed by atoms with Gasteiger partial charge in [-0.15, -0.1) is 0 Å². The van der Waals surface area contributed by atoms with Crippen LogP contribution in [-0.4, -0.2) is 28.3 Å². The number of nitrogens with zero attached hydrogens (tertiary/aromatic N) is 2. The molecule has 0 fully saturated rings. The molecule has 0 aliphatic heterocycles. The van der Waals surface area contributed by atoms with Gasteiger partial charge in [0.2, 0.25) is 5.91 Å². The number of carbonyl (C=O) groups is 1. The van der Waals surface area contributed by atoms with Crippen LogP contribution in [0.2, 0.25) is 0 Å². The van der Waals surface area contributed by atoms with E-state index in [2.05, 4.69) is 26.2 Å². The molecule has 0 radical (unpaired) electrons. The number of thioether (sulfide) groups is 1. The summed E-state index contributed by atoms with van der Waals surface area (Å²) in [6.45, 7) is 0. The molecule has 0 atom stereocenters. The quantitative estimate of drug-likeness (QED) is 0.304. The summed E-state index contributed by atoms with van der Waals surface area (Å²) >= 11 is 4.60. The van der Waals surface area contributed by atoms with Crippen molar-refractivity contribution in [2.24, 2.45) is 0 Å². The summed E-state index contributed by atoms with van der Waals surface area (Å²) in [5, 5.41) is 3.82. The zero-order valence-corrected chi connectivity index (χ0v) is 18.9. The fourth-order valence-electron chi connectivity index (χ4n) is 3.06. The summed E-state index contributed by atoms with van der Waals surface area (Å²) in [4.78, 5) is 30.4. The lowest BCUT2D eigenvalue weighted by Gasteiger charge is -2.13. The van der Waals surface area contributed by atoms with Gasteiger partial charge in [0.1, 0.15) is 5.75 Å². The number of aromatic nitrogens is 2. The van der Waals surface area contributed by atoms with Gasteiger partial charge in [0.15, 0.2) is 5.16 Å². The zero-order valence-electron chi connectivity index (χ0n) is 16.5. The van der Waals surface area contributed by atoms with Crippen molar-refractivity contribution in [3.8, 4) is 11.4 Å². The normalized spacial score (nSPS) is 10.8. The second-order valence-corrected chi connectivity index (χ2v) is 8.46. The van der Waals surface area contributed by atoms with Crippen molar-refractivity contribution in [1.82, 2.24) is 9.55 Å². The predicted molar refractivity (Wildman–Crippen MR) is 127 cm³/mol. The first-order valence-electron chi connectivity index (χ1n) is 9.39. The van der Waals surface area contributed by atoms with Crippen molar-refractivity contribution in [2.45, 2.75) is 5.16 Å². The number of amides is 1. The molecule has 0 aliphatic carbocycles. The molecule has 1 heterocycles. The van der Waals surface area contributed by atoms with Crippen molar-refractivity contribution < 1.29 is 9.53 Å². The largest absolute Gasteiger partial charge is 0.497 e. The summed E-state index contributed by atoms with van der Waals surface area (Å²) in [6, 6.07) is 21.7. The second-order valence-electron chi connectivity index (χ2n) is 6.60. The lowest BCUT2D eigenvalue weighted by Crippen LogP contribution is -2.23. The van der Waals surface area contributed by atoms with E-state index < -0.39 is 0 Å². The molecular formula is C23H18BrN3O3S. The number of rotatable bonds is 6. The van der Waals surface area contributed by atoms with Gasteiger partial charge in [-0.05, 0) is 54.6 Å². The van der Waals surface area contributed by atoms with Gasteiger partial charge in [0.05, 0.1) is 29.5 Å². The number of para-hydroxylation sites is 1. The van der Waals surface area contributed by atoms with E-state index in [9.17, 15) is 9.59 Å². The SMILES string of the molecule is COc1ccc(-n2c(SCC(=O)Nc3cccc(Br)c3)nc3ccccc3c2=O)cc1. The van der Waals surface area contributed by atoms with Crippen molar-refractivity contribution in [3.63, 3.8) is 0 Å². The first-order valence-corrected chi connectivity index (χ1v) is 11.2. The molecule has 0 aliphatic rings. The van der Waals surface area contributed by atoms with Gasteiger partial charge < -0.3 is 10.1 Å². The molecule has 1 amide bonds. The Labute approximate surface area is 191 Å². The Morgan fingerprint density at radius 2 is 1.87 bits per heavy atom. The number of nitrogens with one attached hydrogen (secondary N) is 1. The summed E-state index contributed by atoms with van der Waals surface area (Å²) in [7, 11) is 1.59. The zero-order chi connectivity index (χ0) is 21.8. The summed E-state index contributed by atoms with van der Waals surface area (Å²) in [6.07, 6.45) is 0. The highest BCUT2D eigenvalue weighted by Crippen LogP contribution is 2.23. The Hall–Kier alpha value is -3.10. The van der Waals surface area contributed by atoms with Crippen molar-refractivity contribution >= 4 is 50.2 Å². The van der Waals surface area contributed by atoms with Crippen LogP contribution in [0.25, 0.3) is 16.6 Å². The molecule has 0 spiro atoms. The highest BCUT2D eigenvalue weighted by Gasteiger charge is 2.15. The van der Waals surface area contributed by atoms with Crippen LogP contribution in [0.1, 0.15) is 0 Å². The van der Waals surface area contributed by atoms with Crippen LogP contribution >= 0.6 is 27.7 Å². The molecule has 0 saturated carbocycles. The minimum atomic E-state index is -0.189. The van der Waals surface area contributed by atoms with E-state index in [-0.39, 0.29) is 17.2 Å². The number of halogens is 1. The molecule has 8 heteroatoms. The van der Waals surface area contributed by atoms with Crippen LogP contribution in [-0.2, 0) is 4.79 Å². The first-order chi connectivity index (χ1) is 15.0. The third-order valence-corrected chi connectivity index (χ3v) is 5.95. The second kappa shape index (κ2) is 9.36. The Balaban J connectivity index is 1.67. The molecule has 0 bridgehead atoms. The number of benzene rings is 3. The maximum Gasteiger partial charge on any atom is 0.266 e. The first kappa shape index (κ1) is 21.1. The van der Waals surface area contributed by atoms with E-state index in [0.29, 0.717) is 33.2 Å². The van der Waals surface area contributed by atoms with Gasteiger partial charge in [-0.1, -0.05) is 45.9 Å². The highest BCUT2D eigenvalue weighted by molar-refractivity contribution is 9.10. The molecule has 4 rings (SSSR count). The van der Waals surface area contributed by atoms with E-state index in [1.807, 2.05) is 36.4 Å². The lowest BCUT2D eigenvalue weighted by molar-refractivity contribution is -0.113. The topological polar surface area (TPSA) is 73.2 Å². The highest BCUT2D eigenvalue weighted by atomic mass is 79.9. The Morgan fingerprint density at radius 3 is 2.61 bits per heavy atom. The van der Waals surface area contributed by atoms with Crippen LogP contribution in [0, 0.1) is 0 Å².